The Morgan fingerprint density at radius 2 is 1.81 bits per heavy atom. The van der Waals surface area contributed by atoms with Gasteiger partial charge in [-0.3, -0.25) is 15.1 Å². The number of thiocarbonyl (C=S) groups is 1. The third-order valence-electron chi connectivity index (χ3n) is 2.70. The minimum atomic E-state index is -0.445. The third kappa shape index (κ3) is 4.19. The van der Waals surface area contributed by atoms with Gasteiger partial charge in [0.25, 0.3) is 0 Å². The lowest BCUT2D eigenvalue weighted by Crippen LogP contribution is -2.33. The minimum Gasteiger partial charge on any atom is -0.308 e. The van der Waals surface area contributed by atoms with Crippen LogP contribution in [0.3, 0.4) is 0 Å². The maximum Gasteiger partial charge on any atom is 0.324 e. The van der Waals surface area contributed by atoms with Crippen molar-refractivity contribution in [2.45, 2.75) is 6.92 Å². The van der Waals surface area contributed by atoms with Gasteiger partial charge in [0.15, 0.2) is 5.78 Å². The van der Waals surface area contributed by atoms with Crippen LogP contribution in [0.15, 0.2) is 48.8 Å². The van der Waals surface area contributed by atoms with E-state index in [1.54, 1.807) is 48.8 Å². The average molecular weight is 299 g/mol. The van der Waals surface area contributed by atoms with Gasteiger partial charge in [-0.05, 0) is 43.3 Å². The zero-order valence-corrected chi connectivity index (χ0v) is 12.1. The maximum absolute atomic E-state index is 11.8. The number of anilines is 1. The maximum atomic E-state index is 11.8. The van der Waals surface area contributed by atoms with E-state index in [1.807, 2.05) is 0 Å². The molecule has 21 heavy (non-hydrogen) atoms. The molecule has 5 nitrogen and oxygen atoms in total. The Kier molecular flexibility index (Phi) is 4.73. The van der Waals surface area contributed by atoms with E-state index in [0.717, 1.165) is 0 Å². The summed E-state index contributed by atoms with van der Waals surface area (Å²) in [6.45, 7) is 1.49. The van der Waals surface area contributed by atoms with Gasteiger partial charge in [0.1, 0.15) is 4.99 Å². The zero-order chi connectivity index (χ0) is 15.2. The fraction of sp³-hybridized carbons (Fsp3) is 0.0667. The van der Waals surface area contributed by atoms with Crippen LogP contribution < -0.4 is 10.6 Å². The van der Waals surface area contributed by atoms with Crippen molar-refractivity contribution in [1.82, 2.24) is 10.3 Å². The van der Waals surface area contributed by atoms with Crippen molar-refractivity contribution in [3.8, 4) is 0 Å². The summed E-state index contributed by atoms with van der Waals surface area (Å²) in [5.74, 6) is -0.0243. The second kappa shape index (κ2) is 6.71. The fourth-order valence-corrected chi connectivity index (χ4v) is 1.84. The van der Waals surface area contributed by atoms with Crippen molar-refractivity contribution in [3.05, 3.63) is 59.9 Å². The summed E-state index contributed by atoms with van der Waals surface area (Å²) in [5.41, 5.74) is 1.83. The number of ketones is 1. The second-order valence-electron chi connectivity index (χ2n) is 4.28. The number of nitrogens with zero attached hydrogens (tertiary/aromatic N) is 1. The molecule has 2 aromatic rings. The summed E-state index contributed by atoms with van der Waals surface area (Å²) < 4.78 is 0. The van der Waals surface area contributed by atoms with Crippen LogP contribution in [0, 0.1) is 0 Å². The highest BCUT2D eigenvalue weighted by Crippen LogP contribution is 2.10. The van der Waals surface area contributed by atoms with Gasteiger partial charge in [-0.1, -0.05) is 12.2 Å². The quantitative estimate of drug-likeness (QED) is 0.675. The van der Waals surface area contributed by atoms with Crippen molar-refractivity contribution in [1.29, 1.82) is 0 Å². The van der Waals surface area contributed by atoms with Gasteiger partial charge in [0.2, 0.25) is 0 Å². The zero-order valence-electron chi connectivity index (χ0n) is 11.3. The van der Waals surface area contributed by atoms with Crippen LogP contribution in [-0.4, -0.2) is 21.8 Å². The number of amides is 2. The van der Waals surface area contributed by atoms with Gasteiger partial charge in [0, 0.05) is 29.2 Å². The van der Waals surface area contributed by atoms with Gasteiger partial charge < -0.3 is 5.32 Å². The Morgan fingerprint density at radius 1 is 1.10 bits per heavy atom. The number of benzene rings is 1. The molecule has 0 aliphatic carbocycles. The first-order chi connectivity index (χ1) is 10.1. The molecule has 1 aromatic heterocycles. The largest absolute Gasteiger partial charge is 0.324 e. The van der Waals surface area contributed by atoms with Gasteiger partial charge in [-0.2, -0.15) is 0 Å². The number of Topliss-reactive ketones (excluding diaryl/α,β-unsaturated/α-hetero) is 1. The van der Waals surface area contributed by atoms with Gasteiger partial charge in [0.05, 0.1) is 0 Å². The molecule has 0 bridgehead atoms. The molecule has 1 aromatic carbocycles. The standard InChI is InChI=1S/C15H13N3O2S/c1-10(19)11-4-6-13(7-5-11)17-15(20)18-14(21)12-3-2-8-16-9-12/h2-9H,1H3,(H2,17,18,20,21). The number of hydrogen-bond donors (Lipinski definition) is 2. The van der Waals surface area contributed by atoms with Gasteiger partial charge >= 0.3 is 6.03 Å². The van der Waals surface area contributed by atoms with Crippen molar-refractivity contribution < 1.29 is 9.59 Å². The van der Waals surface area contributed by atoms with E-state index in [-0.39, 0.29) is 5.78 Å². The molecular formula is C15H13N3O2S. The normalized spacial score (nSPS) is 9.76. The van der Waals surface area contributed by atoms with Crippen LogP contribution in [0.25, 0.3) is 0 Å². The SMILES string of the molecule is CC(=O)c1ccc(NC(=O)NC(=S)c2cccnc2)cc1. The molecule has 0 unspecified atom stereocenters. The molecular weight excluding hydrogens is 286 g/mol. The Hall–Kier alpha value is -2.60. The highest BCUT2D eigenvalue weighted by molar-refractivity contribution is 7.80. The molecule has 0 aliphatic rings. The van der Waals surface area contributed by atoms with E-state index in [2.05, 4.69) is 15.6 Å². The number of carbonyl (C=O) groups excluding carboxylic acids is 2. The molecule has 0 spiro atoms. The molecule has 0 saturated carbocycles. The smallest absolute Gasteiger partial charge is 0.308 e. The average Bonchev–Trinajstić information content (AvgIpc) is 2.48. The molecule has 2 rings (SSSR count). The number of nitrogens with one attached hydrogen (secondary N) is 2. The first-order valence-corrected chi connectivity index (χ1v) is 6.60. The lowest BCUT2D eigenvalue weighted by molar-refractivity contribution is 0.101. The summed E-state index contributed by atoms with van der Waals surface area (Å²) in [5, 5.41) is 5.20. The van der Waals surface area contributed by atoms with E-state index in [1.165, 1.54) is 6.92 Å². The predicted octanol–water partition coefficient (Wildman–Crippen LogP) is 2.78. The van der Waals surface area contributed by atoms with Gasteiger partial charge in [-0.15, -0.1) is 0 Å². The molecule has 2 amide bonds. The number of urea groups is 1. The Labute approximate surface area is 127 Å². The molecule has 0 aliphatic heterocycles. The second-order valence-corrected chi connectivity index (χ2v) is 4.69. The third-order valence-corrected chi connectivity index (χ3v) is 3.04. The fourth-order valence-electron chi connectivity index (χ4n) is 1.62. The first-order valence-electron chi connectivity index (χ1n) is 6.19. The van der Waals surface area contributed by atoms with Crippen LogP contribution in [0.2, 0.25) is 0 Å². The highest BCUT2D eigenvalue weighted by Gasteiger charge is 2.07. The Bertz CT molecular complexity index is 669. The van der Waals surface area contributed by atoms with Crippen LogP contribution in [0.4, 0.5) is 10.5 Å². The van der Waals surface area contributed by atoms with Crippen molar-refractivity contribution in [2.75, 3.05) is 5.32 Å². The summed E-state index contributed by atoms with van der Waals surface area (Å²) >= 11 is 5.11. The number of carbonyl (C=O) groups is 2. The lowest BCUT2D eigenvalue weighted by atomic mass is 10.1. The predicted molar refractivity (Wildman–Crippen MR) is 84.5 cm³/mol. The van der Waals surface area contributed by atoms with E-state index in [4.69, 9.17) is 12.2 Å². The molecule has 0 fully saturated rings. The molecule has 0 atom stereocenters. The summed E-state index contributed by atoms with van der Waals surface area (Å²) in [6.07, 6.45) is 3.20. The molecule has 0 saturated heterocycles. The van der Waals surface area contributed by atoms with E-state index in [9.17, 15) is 9.59 Å². The Morgan fingerprint density at radius 3 is 2.38 bits per heavy atom. The first kappa shape index (κ1) is 14.8. The van der Waals surface area contributed by atoms with Crippen LogP contribution in [0.1, 0.15) is 22.8 Å². The Balaban J connectivity index is 1.95. The molecule has 106 valence electrons. The number of hydrogen-bond acceptors (Lipinski definition) is 4. The van der Waals surface area contributed by atoms with E-state index in [0.29, 0.717) is 21.8 Å². The van der Waals surface area contributed by atoms with Crippen molar-refractivity contribution >= 4 is 34.7 Å². The summed E-state index contributed by atoms with van der Waals surface area (Å²) in [4.78, 5) is 27.2. The summed E-state index contributed by atoms with van der Waals surface area (Å²) in [7, 11) is 0. The number of pyridine rings is 1. The van der Waals surface area contributed by atoms with Crippen LogP contribution in [-0.2, 0) is 0 Å². The molecule has 1 heterocycles. The van der Waals surface area contributed by atoms with Gasteiger partial charge in [-0.25, -0.2) is 4.79 Å². The van der Waals surface area contributed by atoms with Crippen LogP contribution >= 0.6 is 12.2 Å². The minimum absolute atomic E-state index is 0.0243. The topological polar surface area (TPSA) is 71.1 Å². The number of rotatable bonds is 3. The van der Waals surface area contributed by atoms with Crippen molar-refractivity contribution in [3.63, 3.8) is 0 Å². The summed E-state index contributed by atoms with van der Waals surface area (Å²) in [6, 6.07) is 9.67. The van der Waals surface area contributed by atoms with Crippen molar-refractivity contribution in [2.24, 2.45) is 0 Å². The van der Waals surface area contributed by atoms with E-state index < -0.39 is 6.03 Å². The van der Waals surface area contributed by atoms with E-state index >= 15 is 0 Å². The molecule has 2 N–H and O–H groups in total. The number of aromatic nitrogens is 1. The van der Waals surface area contributed by atoms with Crippen LogP contribution in [0.5, 0.6) is 0 Å². The molecule has 6 heteroatoms. The lowest BCUT2D eigenvalue weighted by Gasteiger charge is -2.08. The molecule has 0 radical (unpaired) electrons. The highest BCUT2D eigenvalue weighted by atomic mass is 32.1. The monoisotopic (exact) mass is 299 g/mol.